The highest BCUT2D eigenvalue weighted by Crippen LogP contribution is 2.41. The molecule has 0 fully saturated rings. The molecule has 0 N–H and O–H groups in total. The molecule has 3 nitrogen and oxygen atoms in total. The van der Waals surface area contributed by atoms with Crippen LogP contribution in [-0.4, -0.2) is 23.3 Å². The standard InChI is InChI=1S/C23H25NO2S/c1-5-20-18(22(25)26-6-2)11-10-17(24-20)9-7-16-8-12-21-19(15-16)23(3,4)13-14-27-21/h8,10-12,15H,5-6,13-14H2,1-4H3. The maximum Gasteiger partial charge on any atom is 0.339 e. The molecular formula is C23H25NO2S. The van der Waals surface area contributed by atoms with Crippen molar-refractivity contribution in [1.29, 1.82) is 0 Å². The molecule has 1 aliphatic heterocycles. The highest BCUT2D eigenvalue weighted by molar-refractivity contribution is 7.99. The molecule has 4 heteroatoms. The van der Waals surface area contributed by atoms with Crippen molar-refractivity contribution in [1.82, 2.24) is 4.98 Å². The molecule has 140 valence electrons. The molecule has 0 unspecified atom stereocenters. The quantitative estimate of drug-likeness (QED) is 0.556. The van der Waals surface area contributed by atoms with Gasteiger partial charge in [0.05, 0.1) is 17.9 Å². The Morgan fingerprint density at radius 2 is 2.04 bits per heavy atom. The van der Waals surface area contributed by atoms with Crippen molar-refractivity contribution < 1.29 is 9.53 Å². The van der Waals surface area contributed by atoms with Crippen molar-refractivity contribution in [2.45, 2.75) is 50.8 Å². The first-order chi connectivity index (χ1) is 12.9. The third kappa shape index (κ3) is 4.36. The molecular weight excluding hydrogens is 354 g/mol. The second kappa shape index (κ2) is 8.19. The summed E-state index contributed by atoms with van der Waals surface area (Å²) in [5.41, 5.74) is 4.49. The summed E-state index contributed by atoms with van der Waals surface area (Å²) in [6, 6.07) is 10.0. The fraction of sp³-hybridized carbons (Fsp3) is 0.391. The van der Waals surface area contributed by atoms with E-state index in [9.17, 15) is 4.79 Å². The van der Waals surface area contributed by atoms with Gasteiger partial charge in [0.15, 0.2) is 0 Å². The first-order valence-corrected chi connectivity index (χ1v) is 10.4. The summed E-state index contributed by atoms with van der Waals surface area (Å²) in [4.78, 5) is 17.9. The molecule has 3 rings (SSSR count). The van der Waals surface area contributed by atoms with Crippen molar-refractivity contribution in [2.24, 2.45) is 0 Å². The van der Waals surface area contributed by atoms with Crippen LogP contribution in [0.3, 0.4) is 0 Å². The van der Waals surface area contributed by atoms with E-state index < -0.39 is 0 Å². The second-order valence-electron chi connectivity index (χ2n) is 7.21. The zero-order valence-corrected chi connectivity index (χ0v) is 17.2. The summed E-state index contributed by atoms with van der Waals surface area (Å²) < 4.78 is 5.09. The smallest absolute Gasteiger partial charge is 0.339 e. The Morgan fingerprint density at radius 3 is 2.78 bits per heavy atom. The van der Waals surface area contributed by atoms with Gasteiger partial charge >= 0.3 is 5.97 Å². The molecule has 0 radical (unpaired) electrons. The van der Waals surface area contributed by atoms with E-state index in [2.05, 4.69) is 48.9 Å². The number of ether oxygens (including phenoxy) is 1. The van der Waals surface area contributed by atoms with Gasteiger partial charge in [0.25, 0.3) is 0 Å². The second-order valence-corrected chi connectivity index (χ2v) is 8.34. The molecule has 1 aliphatic rings. The molecule has 27 heavy (non-hydrogen) atoms. The monoisotopic (exact) mass is 379 g/mol. The number of rotatable bonds is 3. The average molecular weight is 380 g/mol. The van der Waals surface area contributed by atoms with E-state index in [1.165, 1.54) is 22.6 Å². The molecule has 0 atom stereocenters. The Hall–Kier alpha value is -2.25. The van der Waals surface area contributed by atoms with Crippen molar-refractivity contribution in [3.05, 3.63) is 58.4 Å². The van der Waals surface area contributed by atoms with Gasteiger partial charge in [-0.05, 0) is 72.7 Å². The molecule has 0 amide bonds. The normalized spacial score (nSPS) is 14.7. The fourth-order valence-corrected chi connectivity index (χ4v) is 4.67. The number of carbonyl (C=O) groups is 1. The Balaban J connectivity index is 1.89. The minimum atomic E-state index is -0.323. The highest BCUT2D eigenvalue weighted by atomic mass is 32.2. The summed E-state index contributed by atoms with van der Waals surface area (Å²) in [5, 5.41) is 0. The predicted octanol–water partition coefficient (Wildman–Crippen LogP) is 4.99. The van der Waals surface area contributed by atoms with Crippen LogP contribution in [0, 0.1) is 11.8 Å². The lowest BCUT2D eigenvalue weighted by molar-refractivity contribution is 0.0524. The number of carbonyl (C=O) groups excluding carboxylic acids is 1. The third-order valence-corrected chi connectivity index (χ3v) is 5.91. The minimum Gasteiger partial charge on any atom is -0.462 e. The Kier molecular flexibility index (Phi) is 5.92. The minimum absolute atomic E-state index is 0.188. The van der Waals surface area contributed by atoms with Gasteiger partial charge in [0.2, 0.25) is 0 Å². The highest BCUT2D eigenvalue weighted by Gasteiger charge is 2.27. The number of nitrogens with zero attached hydrogens (tertiary/aromatic N) is 1. The first kappa shape index (κ1) is 19.5. The average Bonchev–Trinajstić information content (AvgIpc) is 2.66. The van der Waals surface area contributed by atoms with Crippen LogP contribution in [0.5, 0.6) is 0 Å². The van der Waals surface area contributed by atoms with Crippen molar-refractivity contribution >= 4 is 17.7 Å². The molecule has 2 heterocycles. The lowest BCUT2D eigenvalue weighted by Gasteiger charge is -2.32. The largest absolute Gasteiger partial charge is 0.462 e. The van der Waals surface area contributed by atoms with Gasteiger partial charge in [-0.25, -0.2) is 9.78 Å². The van der Waals surface area contributed by atoms with E-state index in [1.54, 1.807) is 19.1 Å². The number of aryl methyl sites for hydroxylation is 1. The summed E-state index contributed by atoms with van der Waals surface area (Å²) in [6.45, 7) is 8.73. The Labute approximate surface area is 165 Å². The number of aromatic nitrogens is 1. The number of fused-ring (bicyclic) bond motifs is 1. The van der Waals surface area contributed by atoms with Crippen molar-refractivity contribution in [2.75, 3.05) is 12.4 Å². The number of pyridine rings is 1. The van der Waals surface area contributed by atoms with Crippen LogP contribution in [0.15, 0.2) is 35.2 Å². The van der Waals surface area contributed by atoms with Crippen LogP contribution in [-0.2, 0) is 16.6 Å². The van der Waals surface area contributed by atoms with E-state index in [0.717, 1.165) is 11.3 Å². The maximum absolute atomic E-state index is 12.0. The van der Waals surface area contributed by atoms with Gasteiger partial charge in [-0.15, -0.1) is 11.8 Å². The van der Waals surface area contributed by atoms with Crippen LogP contribution >= 0.6 is 11.8 Å². The summed E-state index contributed by atoms with van der Waals surface area (Å²) in [6.07, 6.45) is 1.84. The zero-order chi connectivity index (χ0) is 19.4. The Bertz CT molecular complexity index is 922. The van der Waals surface area contributed by atoms with Crippen LogP contribution in [0.2, 0.25) is 0 Å². The summed E-state index contributed by atoms with van der Waals surface area (Å²) in [7, 11) is 0. The lowest BCUT2D eigenvalue weighted by atomic mass is 9.81. The van der Waals surface area contributed by atoms with E-state index in [1.807, 2.05) is 18.7 Å². The molecule has 2 aromatic rings. The summed E-state index contributed by atoms with van der Waals surface area (Å²) in [5.74, 6) is 7.23. The molecule has 1 aromatic heterocycles. The zero-order valence-electron chi connectivity index (χ0n) is 16.4. The summed E-state index contributed by atoms with van der Waals surface area (Å²) >= 11 is 1.92. The number of benzene rings is 1. The van der Waals surface area contributed by atoms with Gasteiger partial charge < -0.3 is 4.74 Å². The van der Waals surface area contributed by atoms with Gasteiger partial charge in [-0.2, -0.15) is 0 Å². The molecule has 0 saturated heterocycles. The number of hydrogen-bond donors (Lipinski definition) is 0. The van der Waals surface area contributed by atoms with E-state index in [0.29, 0.717) is 24.3 Å². The van der Waals surface area contributed by atoms with Crippen molar-refractivity contribution in [3.8, 4) is 11.8 Å². The van der Waals surface area contributed by atoms with E-state index in [-0.39, 0.29) is 11.4 Å². The molecule has 1 aromatic carbocycles. The van der Waals surface area contributed by atoms with Gasteiger partial charge in [0, 0.05) is 10.5 Å². The van der Waals surface area contributed by atoms with Crippen LogP contribution in [0.1, 0.15) is 67.0 Å². The third-order valence-electron chi connectivity index (χ3n) is 4.83. The van der Waals surface area contributed by atoms with Crippen LogP contribution < -0.4 is 0 Å². The number of esters is 1. The SMILES string of the molecule is CCOC(=O)c1ccc(C#Cc2ccc3c(c2)C(C)(C)CCS3)nc1CC. The molecule has 0 spiro atoms. The predicted molar refractivity (Wildman–Crippen MR) is 110 cm³/mol. The fourth-order valence-electron chi connectivity index (χ4n) is 3.18. The number of hydrogen-bond acceptors (Lipinski definition) is 4. The Morgan fingerprint density at radius 1 is 1.22 bits per heavy atom. The molecule has 0 aliphatic carbocycles. The molecule has 0 saturated carbocycles. The van der Waals surface area contributed by atoms with Crippen molar-refractivity contribution in [3.63, 3.8) is 0 Å². The lowest BCUT2D eigenvalue weighted by Crippen LogP contribution is -2.22. The maximum atomic E-state index is 12.0. The number of thioether (sulfide) groups is 1. The van der Waals surface area contributed by atoms with Crippen LogP contribution in [0.4, 0.5) is 0 Å². The topological polar surface area (TPSA) is 39.2 Å². The first-order valence-electron chi connectivity index (χ1n) is 9.41. The molecule has 0 bridgehead atoms. The van der Waals surface area contributed by atoms with Gasteiger partial charge in [-0.3, -0.25) is 0 Å². The van der Waals surface area contributed by atoms with E-state index in [4.69, 9.17) is 4.74 Å². The van der Waals surface area contributed by atoms with Gasteiger partial charge in [-0.1, -0.05) is 26.7 Å². The van der Waals surface area contributed by atoms with Gasteiger partial charge in [0.1, 0.15) is 5.69 Å². The van der Waals surface area contributed by atoms with Crippen LogP contribution in [0.25, 0.3) is 0 Å². The van der Waals surface area contributed by atoms with E-state index >= 15 is 0 Å².